The van der Waals surface area contributed by atoms with Crippen molar-refractivity contribution in [3.8, 4) is 11.1 Å². The maximum Gasteiger partial charge on any atom is 0.254 e. The summed E-state index contributed by atoms with van der Waals surface area (Å²) in [5.74, 6) is -1.29. The average Bonchev–Trinajstić information content (AvgIpc) is 3.11. The van der Waals surface area contributed by atoms with Crippen molar-refractivity contribution in [2.24, 2.45) is 5.73 Å². The number of aromatic nitrogens is 1. The molecule has 0 saturated heterocycles. The van der Waals surface area contributed by atoms with Gasteiger partial charge in [-0.25, -0.2) is 0 Å². The lowest BCUT2D eigenvalue weighted by Gasteiger charge is -2.24. The number of rotatable bonds is 4. The average molecular weight is 393 g/mol. The Hall–Kier alpha value is -3.99. The lowest BCUT2D eigenvalue weighted by Crippen LogP contribution is -2.48. The summed E-state index contributed by atoms with van der Waals surface area (Å²) < 4.78 is 0. The molecular weight excluding hydrogens is 374 g/mol. The molecule has 0 radical (unpaired) electrons. The van der Waals surface area contributed by atoms with Crippen LogP contribution in [0.4, 0.5) is 0 Å². The van der Waals surface area contributed by atoms with Crippen molar-refractivity contribution in [1.29, 1.82) is 0 Å². The van der Waals surface area contributed by atoms with E-state index in [1.165, 1.54) is 0 Å². The third kappa shape index (κ3) is 2.83. The summed E-state index contributed by atoms with van der Waals surface area (Å²) in [4.78, 5) is 30.1. The van der Waals surface area contributed by atoms with Gasteiger partial charge in [-0.3, -0.25) is 14.6 Å². The molecule has 1 aromatic heterocycles. The lowest BCUT2D eigenvalue weighted by atomic mass is 9.88. The molecule has 2 amide bonds. The van der Waals surface area contributed by atoms with Gasteiger partial charge in [0.15, 0.2) is 0 Å². The molecule has 4 aromatic rings. The number of carbonyl (C=O) groups excluding carboxylic acids is 2. The van der Waals surface area contributed by atoms with Crippen LogP contribution in [0.25, 0.3) is 22.0 Å². The molecule has 0 bridgehead atoms. The zero-order valence-corrected chi connectivity index (χ0v) is 16.1. The third-order valence-electron chi connectivity index (χ3n) is 5.69. The number of pyridine rings is 1. The Kier molecular flexibility index (Phi) is 4.29. The van der Waals surface area contributed by atoms with Crippen LogP contribution >= 0.6 is 0 Å². The molecule has 5 heteroatoms. The summed E-state index contributed by atoms with van der Waals surface area (Å²) in [6.07, 6.45) is 1.65. The number of carbonyl (C=O) groups is 2. The molecule has 5 rings (SSSR count). The first-order chi connectivity index (χ1) is 14.6. The van der Waals surface area contributed by atoms with Crippen LogP contribution in [-0.2, 0) is 4.79 Å². The van der Waals surface area contributed by atoms with Crippen molar-refractivity contribution >= 4 is 22.7 Å². The summed E-state index contributed by atoms with van der Waals surface area (Å²) in [7, 11) is 0. The Morgan fingerprint density at radius 2 is 1.47 bits per heavy atom. The predicted molar refractivity (Wildman–Crippen MR) is 116 cm³/mol. The number of amides is 2. The van der Waals surface area contributed by atoms with E-state index in [1.54, 1.807) is 18.3 Å². The van der Waals surface area contributed by atoms with Crippen LogP contribution in [0, 0.1) is 0 Å². The van der Waals surface area contributed by atoms with Gasteiger partial charge in [0, 0.05) is 17.5 Å². The van der Waals surface area contributed by atoms with Crippen LogP contribution in [0.2, 0.25) is 0 Å². The first-order valence-corrected chi connectivity index (χ1v) is 9.77. The third-order valence-corrected chi connectivity index (χ3v) is 5.69. The quantitative estimate of drug-likeness (QED) is 0.555. The monoisotopic (exact) mass is 393 g/mol. The minimum absolute atomic E-state index is 0.346. The molecule has 5 nitrogen and oxygen atoms in total. The number of nitrogens with two attached hydrogens (primary N) is 1. The van der Waals surface area contributed by atoms with Gasteiger partial charge in [0.1, 0.15) is 6.04 Å². The Morgan fingerprint density at radius 3 is 2.13 bits per heavy atom. The first kappa shape index (κ1) is 18.1. The number of hydrogen-bond donors (Lipinski definition) is 2. The Morgan fingerprint density at radius 1 is 0.833 bits per heavy atom. The smallest absolute Gasteiger partial charge is 0.254 e. The van der Waals surface area contributed by atoms with Crippen molar-refractivity contribution in [3.05, 3.63) is 102 Å². The van der Waals surface area contributed by atoms with E-state index in [1.807, 2.05) is 66.7 Å². The summed E-state index contributed by atoms with van der Waals surface area (Å²) in [5.41, 5.74) is 10.9. The molecule has 1 aliphatic carbocycles. The van der Waals surface area contributed by atoms with Crippen molar-refractivity contribution in [3.63, 3.8) is 0 Å². The van der Waals surface area contributed by atoms with E-state index in [-0.39, 0.29) is 11.8 Å². The number of fused-ring (bicyclic) bond motifs is 4. The van der Waals surface area contributed by atoms with Gasteiger partial charge in [-0.15, -0.1) is 0 Å². The van der Waals surface area contributed by atoms with Crippen LogP contribution in [0.3, 0.4) is 0 Å². The normalized spacial score (nSPS) is 13.5. The second kappa shape index (κ2) is 7.12. The number of primary amides is 1. The topological polar surface area (TPSA) is 85.1 Å². The summed E-state index contributed by atoms with van der Waals surface area (Å²) in [5, 5.41) is 3.75. The van der Waals surface area contributed by atoms with E-state index in [0.29, 0.717) is 11.1 Å². The molecule has 1 heterocycles. The Labute approximate surface area is 173 Å². The molecule has 1 aliphatic rings. The molecule has 3 N–H and O–H groups in total. The van der Waals surface area contributed by atoms with Crippen LogP contribution in [0.5, 0.6) is 0 Å². The predicted octanol–water partition coefficient (Wildman–Crippen LogP) is 3.63. The summed E-state index contributed by atoms with van der Waals surface area (Å²) in [6, 6.07) is 24.1. The number of nitrogens with one attached hydrogen (secondary N) is 1. The fourth-order valence-corrected chi connectivity index (χ4v) is 4.38. The number of benzene rings is 3. The van der Waals surface area contributed by atoms with E-state index in [2.05, 4.69) is 10.3 Å². The molecule has 0 fully saturated rings. The van der Waals surface area contributed by atoms with Gasteiger partial charge in [-0.05, 0) is 34.4 Å². The van der Waals surface area contributed by atoms with Gasteiger partial charge >= 0.3 is 0 Å². The molecule has 146 valence electrons. The van der Waals surface area contributed by atoms with E-state index >= 15 is 0 Å². The van der Waals surface area contributed by atoms with Crippen LogP contribution in [0.1, 0.15) is 27.4 Å². The fraction of sp³-hybridized carbons (Fsp3) is 0.0800. The number of hydrogen-bond acceptors (Lipinski definition) is 3. The van der Waals surface area contributed by atoms with Crippen molar-refractivity contribution in [2.75, 3.05) is 0 Å². The molecule has 0 unspecified atom stereocenters. The fourth-order valence-electron chi connectivity index (χ4n) is 4.38. The SMILES string of the molecule is NC(=O)[C@H](NC(=O)c1cccc2cccnc12)C1c2ccccc2-c2ccccc21. The first-order valence-electron chi connectivity index (χ1n) is 9.77. The van der Waals surface area contributed by atoms with Gasteiger partial charge in [0.2, 0.25) is 5.91 Å². The minimum atomic E-state index is -0.888. The largest absolute Gasteiger partial charge is 0.368 e. The second-order valence-electron chi connectivity index (χ2n) is 7.39. The zero-order chi connectivity index (χ0) is 20.7. The van der Waals surface area contributed by atoms with Crippen molar-refractivity contribution in [2.45, 2.75) is 12.0 Å². The van der Waals surface area contributed by atoms with E-state index in [4.69, 9.17) is 5.73 Å². The maximum absolute atomic E-state index is 13.2. The van der Waals surface area contributed by atoms with Crippen LogP contribution in [-0.4, -0.2) is 22.8 Å². The Bertz CT molecular complexity index is 1250. The molecular formula is C25H19N3O2. The number of nitrogens with zero attached hydrogens (tertiary/aromatic N) is 1. The van der Waals surface area contributed by atoms with Gasteiger partial charge in [-0.1, -0.05) is 66.7 Å². The van der Waals surface area contributed by atoms with Crippen LogP contribution in [0.15, 0.2) is 85.1 Å². The molecule has 0 spiro atoms. The standard InChI is InChI=1S/C25H19N3O2/c26-24(29)23(28-25(30)20-13-5-7-15-8-6-14-27-22(15)20)21-18-11-3-1-9-16(18)17-10-2-4-12-19(17)21/h1-14,21,23H,(H2,26,29)(H,28,30)/t23-/m1/s1. The molecule has 30 heavy (non-hydrogen) atoms. The Balaban J connectivity index is 1.57. The highest BCUT2D eigenvalue weighted by Crippen LogP contribution is 2.46. The van der Waals surface area contributed by atoms with E-state index in [0.717, 1.165) is 27.6 Å². The minimum Gasteiger partial charge on any atom is -0.368 e. The van der Waals surface area contributed by atoms with E-state index in [9.17, 15) is 9.59 Å². The number of para-hydroxylation sites is 1. The maximum atomic E-state index is 13.2. The van der Waals surface area contributed by atoms with Gasteiger partial charge in [-0.2, -0.15) is 0 Å². The summed E-state index contributed by atoms with van der Waals surface area (Å²) in [6.45, 7) is 0. The highest BCUT2D eigenvalue weighted by atomic mass is 16.2. The van der Waals surface area contributed by atoms with Crippen molar-refractivity contribution < 1.29 is 9.59 Å². The molecule has 0 saturated carbocycles. The van der Waals surface area contributed by atoms with Gasteiger partial charge in [0.25, 0.3) is 5.91 Å². The van der Waals surface area contributed by atoms with E-state index < -0.39 is 11.9 Å². The molecule has 3 aromatic carbocycles. The zero-order valence-electron chi connectivity index (χ0n) is 16.1. The second-order valence-corrected chi connectivity index (χ2v) is 7.39. The van der Waals surface area contributed by atoms with Gasteiger partial charge < -0.3 is 11.1 Å². The highest BCUT2D eigenvalue weighted by Gasteiger charge is 2.38. The van der Waals surface area contributed by atoms with Gasteiger partial charge in [0.05, 0.1) is 11.1 Å². The highest BCUT2D eigenvalue weighted by molar-refractivity contribution is 6.07. The molecule has 0 aliphatic heterocycles. The lowest BCUT2D eigenvalue weighted by molar-refractivity contribution is -0.120. The molecule has 1 atom stereocenters. The van der Waals surface area contributed by atoms with Crippen LogP contribution < -0.4 is 11.1 Å². The van der Waals surface area contributed by atoms with Crippen molar-refractivity contribution in [1.82, 2.24) is 10.3 Å². The summed E-state index contributed by atoms with van der Waals surface area (Å²) >= 11 is 0.